The average Bonchev–Trinajstić information content (AvgIpc) is 2.62. The SMILES string of the molecule is CCNC(=NCCS(=O)(=O)N(CC)CC)N(C)Cc1ccc(SC)cc1. The Morgan fingerprint density at radius 3 is 2.27 bits per heavy atom. The summed E-state index contributed by atoms with van der Waals surface area (Å²) in [5.41, 5.74) is 1.19. The molecule has 0 aromatic heterocycles. The molecule has 0 radical (unpaired) electrons. The van der Waals surface area contributed by atoms with Gasteiger partial charge in [0, 0.05) is 38.1 Å². The minimum Gasteiger partial charge on any atom is -0.357 e. The number of nitrogens with one attached hydrogen (secondary N) is 1. The first kappa shape index (κ1) is 22.8. The molecule has 0 bridgehead atoms. The molecule has 1 aromatic rings. The molecule has 0 spiro atoms. The van der Waals surface area contributed by atoms with Gasteiger partial charge in [-0.1, -0.05) is 26.0 Å². The quantitative estimate of drug-likeness (QED) is 0.371. The largest absolute Gasteiger partial charge is 0.357 e. The predicted molar refractivity (Wildman–Crippen MR) is 112 cm³/mol. The first-order chi connectivity index (χ1) is 12.4. The third-order valence-corrected chi connectivity index (χ3v) is 6.73. The van der Waals surface area contributed by atoms with Crippen LogP contribution in [0.1, 0.15) is 26.3 Å². The maximum Gasteiger partial charge on any atom is 0.215 e. The number of aliphatic imine (C=N–C) groups is 1. The topological polar surface area (TPSA) is 65.0 Å². The van der Waals surface area contributed by atoms with E-state index in [1.54, 1.807) is 11.8 Å². The molecule has 148 valence electrons. The lowest BCUT2D eigenvalue weighted by molar-refractivity contribution is 0.445. The van der Waals surface area contributed by atoms with Gasteiger partial charge in [-0.25, -0.2) is 12.7 Å². The van der Waals surface area contributed by atoms with Gasteiger partial charge < -0.3 is 10.2 Å². The average molecular weight is 401 g/mol. The van der Waals surface area contributed by atoms with Gasteiger partial charge in [0.2, 0.25) is 10.0 Å². The first-order valence-corrected chi connectivity index (χ1v) is 11.8. The van der Waals surface area contributed by atoms with E-state index >= 15 is 0 Å². The van der Waals surface area contributed by atoms with Gasteiger partial charge in [-0.3, -0.25) is 4.99 Å². The van der Waals surface area contributed by atoms with E-state index in [1.165, 1.54) is 14.8 Å². The normalized spacial score (nSPS) is 12.5. The maximum atomic E-state index is 12.3. The number of guanidine groups is 1. The highest BCUT2D eigenvalue weighted by Crippen LogP contribution is 2.15. The Hall–Kier alpha value is -1.25. The van der Waals surface area contributed by atoms with Crippen molar-refractivity contribution in [3.8, 4) is 0 Å². The van der Waals surface area contributed by atoms with Crippen LogP contribution in [0.25, 0.3) is 0 Å². The van der Waals surface area contributed by atoms with E-state index in [4.69, 9.17) is 0 Å². The Labute approximate surface area is 163 Å². The third kappa shape index (κ3) is 7.17. The molecule has 0 heterocycles. The lowest BCUT2D eigenvalue weighted by atomic mass is 10.2. The van der Waals surface area contributed by atoms with Crippen molar-refractivity contribution in [2.75, 3.05) is 45.2 Å². The van der Waals surface area contributed by atoms with E-state index in [2.05, 4.69) is 40.8 Å². The monoisotopic (exact) mass is 400 g/mol. The number of hydrogen-bond donors (Lipinski definition) is 1. The van der Waals surface area contributed by atoms with Gasteiger partial charge in [-0.05, 0) is 30.9 Å². The Kier molecular flexibility index (Phi) is 10.0. The van der Waals surface area contributed by atoms with Crippen LogP contribution in [0.4, 0.5) is 0 Å². The van der Waals surface area contributed by atoms with Crippen LogP contribution < -0.4 is 5.32 Å². The number of sulfonamides is 1. The summed E-state index contributed by atoms with van der Waals surface area (Å²) in [6.45, 7) is 8.39. The van der Waals surface area contributed by atoms with E-state index in [0.29, 0.717) is 19.6 Å². The van der Waals surface area contributed by atoms with Crippen molar-refractivity contribution in [1.29, 1.82) is 0 Å². The van der Waals surface area contributed by atoms with Gasteiger partial charge >= 0.3 is 0 Å². The molecule has 0 amide bonds. The summed E-state index contributed by atoms with van der Waals surface area (Å²) >= 11 is 1.72. The van der Waals surface area contributed by atoms with Crippen LogP contribution in [0.5, 0.6) is 0 Å². The third-order valence-electron chi connectivity index (χ3n) is 3.98. The van der Waals surface area contributed by atoms with Crippen LogP contribution >= 0.6 is 11.8 Å². The van der Waals surface area contributed by atoms with Crippen LogP contribution in [0, 0.1) is 0 Å². The summed E-state index contributed by atoms with van der Waals surface area (Å²) in [5.74, 6) is 0.746. The van der Waals surface area contributed by atoms with Crippen LogP contribution in [0.15, 0.2) is 34.2 Å². The van der Waals surface area contributed by atoms with Crippen molar-refractivity contribution in [3.63, 3.8) is 0 Å². The molecule has 26 heavy (non-hydrogen) atoms. The van der Waals surface area contributed by atoms with Crippen molar-refractivity contribution in [3.05, 3.63) is 29.8 Å². The van der Waals surface area contributed by atoms with Crippen molar-refractivity contribution >= 4 is 27.7 Å². The highest BCUT2D eigenvalue weighted by Gasteiger charge is 2.18. The highest BCUT2D eigenvalue weighted by molar-refractivity contribution is 7.98. The second-order valence-corrected chi connectivity index (χ2v) is 8.81. The zero-order valence-corrected chi connectivity index (χ0v) is 18.2. The smallest absolute Gasteiger partial charge is 0.215 e. The van der Waals surface area contributed by atoms with Gasteiger partial charge in [0.15, 0.2) is 5.96 Å². The molecule has 0 aliphatic heterocycles. The molecule has 0 atom stereocenters. The van der Waals surface area contributed by atoms with Gasteiger partial charge in [-0.2, -0.15) is 0 Å². The fraction of sp³-hybridized carbons (Fsp3) is 0.611. The Morgan fingerprint density at radius 2 is 1.77 bits per heavy atom. The molecule has 1 N–H and O–H groups in total. The molecule has 0 aliphatic carbocycles. The van der Waals surface area contributed by atoms with Crippen molar-refractivity contribution in [1.82, 2.24) is 14.5 Å². The number of benzene rings is 1. The lowest BCUT2D eigenvalue weighted by Crippen LogP contribution is -2.39. The summed E-state index contributed by atoms with van der Waals surface area (Å²) in [6.07, 6.45) is 2.06. The van der Waals surface area contributed by atoms with Crippen LogP contribution in [0.3, 0.4) is 0 Å². The molecule has 0 aliphatic rings. The highest BCUT2D eigenvalue weighted by atomic mass is 32.2. The number of rotatable bonds is 10. The molecule has 1 rings (SSSR count). The van der Waals surface area contributed by atoms with E-state index in [1.807, 2.05) is 32.7 Å². The molecule has 1 aromatic carbocycles. The molecule has 0 unspecified atom stereocenters. The number of hydrogen-bond acceptors (Lipinski definition) is 4. The van der Waals surface area contributed by atoms with Gasteiger partial charge in [0.05, 0.1) is 12.3 Å². The van der Waals surface area contributed by atoms with Crippen LogP contribution in [-0.4, -0.2) is 68.8 Å². The molecular weight excluding hydrogens is 368 g/mol. The van der Waals surface area contributed by atoms with Crippen molar-refractivity contribution < 1.29 is 8.42 Å². The maximum absolute atomic E-state index is 12.3. The molecule has 6 nitrogen and oxygen atoms in total. The fourth-order valence-corrected chi connectivity index (χ4v) is 4.34. The van der Waals surface area contributed by atoms with Crippen molar-refractivity contribution in [2.24, 2.45) is 4.99 Å². The minimum atomic E-state index is -3.25. The van der Waals surface area contributed by atoms with E-state index in [-0.39, 0.29) is 12.3 Å². The first-order valence-electron chi connectivity index (χ1n) is 8.98. The molecule has 0 saturated heterocycles. The van der Waals surface area contributed by atoms with Gasteiger partial charge in [0.25, 0.3) is 0 Å². The Balaban J connectivity index is 2.74. The fourth-order valence-electron chi connectivity index (χ4n) is 2.56. The van der Waals surface area contributed by atoms with Crippen molar-refractivity contribution in [2.45, 2.75) is 32.2 Å². The van der Waals surface area contributed by atoms with Gasteiger partial charge in [-0.15, -0.1) is 11.8 Å². The number of thioether (sulfide) groups is 1. The molecule has 0 saturated carbocycles. The van der Waals surface area contributed by atoms with E-state index < -0.39 is 10.0 Å². The van der Waals surface area contributed by atoms with Crippen LogP contribution in [0.2, 0.25) is 0 Å². The van der Waals surface area contributed by atoms with Crippen LogP contribution in [-0.2, 0) is 16.6 Å². The summed E-state index contributed by atoms with van der Waals surface area (Å²) in [7, 11) is -1.29. The Bertz CT molecular complexity index is 656. The second kappa shape index (κ2) is 11.5. The molecule has 0 fully saturated rings. The summed E-state index contributed by atoms with van der Waals surface area (Å²) in [6, 6.07) is 8.43. The summed E-state index contributed by atoms with van der Waals surface area (Å²) < 4.78 is 26.0. The standard InChI is InChI=1S/C18H32N4O2S2/c1-6-19-18(20-13-14-26(23,24)22(7-2)8-3)21(4)15-16-9-11-17(25-5)12-10-16/h9-12H,6-8,13-15H2,1-5H3,(H,19,20). The zero-order chi connectivity index (χ0) is 19.6. The summed E-state index contributed by atoms with van der Waals surface area (Å²) in [4.78, 5) is 7.75. The van der Waals surface area contributed by atoms with E-state index in [9.17, 15) is 8.42 Å². The van der Waals surface area contributed by atoms with Gasteiger partial charge in [0.1, 0.15) is 0 Å². The second-order valence-electron chi connectivity index (χ2n) is 5.84. The lowest BCUT2D eigenvalue weighted by Gasteiger charge is -2.23. The minimum absolute atomic E-state index is 0.0276. The summed E-state index contributed by atoms with van der Waals surface area (Å²) in [5, 5.41) is 3.23. The molecular formula is C18H32N4O2S2. The zero-order valence-electron chi connectivity index (χ0n) is 16.5. The number of nitrogens with zero attached hydrogens (tertiary/aromatic N) is 3. The predicted octanol–water partition coefficient (Wildman–Crippen LogP) is 2.48. The molecule has 8 heteroatoms. The Morgan fingerprint density at radius 1 is 1.15 bits per heavy atom. The van der Waals surface area contributed by atoms with E-state index in [0.717, 1.165) is 12.5 Å².